The summed E-state index contributed by atoms with van der Waals surface area (Å²) >= 11 is 0. The van der Waals surface area contributed by atoms with Crippen LogP contribution in [-0.4, -0.2) is 48.5 Å². The first-order chi connectivity index (χ1) is 9.92. The number of hydrogen-bond acceptors (Lipinski definition) is 5. The van der Waals surface area contributed by atoms with E-state index in [1.165, 1.54) is 0 Å². The Bertz CT molecular complexity index is 526. The topological polar surface area (TPSA) is 47.5 Å². The van der Waals surface area contributed by atoms with E-state index in [9.17, 15) is 13.2 Å². The summed E-state index contributed by atoms with van der Waals surface area (Å²) in [4.78, 5) is 9.32. The molecule has 2 aliphatic heterocycles. The maximum absolute atomic E-state index is 12.7. The van der Waals surface area contributed by atoms with Crippen LogP contribution in [0.4, 0.5) is 19.1 Å². The van der Waals surface area contributed by atoms with Crippen LogP contribution in [0.1, 0.15) is 18.5 Å². The van der Waals surface area contributed by atoms with Crippen molar-refractivity contribution in [1.82, 2.24) is 9.97 Å². The predicted octanol–water partition coefficient (Wildman–Crippen LogP) is 1.88. The fraction of sp³-hybridized carbons (Fsp3) is 0.692. The molecule has 0 saturated carbocycles. The van der Waals surface area contributed by atoms with E-state index in [1.54, 1.807) is 12.0 Å². The zero-order valence-corrected chi connectivity index (χ0v) is 11.6. The van der Waals surface area contributed by atoms with Gasteiger partial charge in [-0.2, -0.15) is 13.2 Å². The number of ether oxygens (including phenoxy) is 2. The van der Waals surface area contributed by atoms with Crippen molar-refractivity contribution in [2.45, 2.75) is 30.7 Å². The molecule has 0 aromatic carbocycles. The molecule has 2 atom stereocenters. The molecule has 2 aliphatic rings. The van der Waals surface area contributed by atoms with Crippen molar-refractivity contribution in [3.63, 3.8) is 0 Å². The maximum atomic E-state index is 12.7. The average molecular weight is 303 g/mol. The monoisotopic (exact) mass is 303 g/mol. The van der Waals surface area contributed by atoms with Gasteiger partial charge in [0.15, 0.2) is 0 Å². The summed E-state index contributed by atoms with van der Waals surface area (Å²) in [5, 5.41) is 0. The van der Waals surface area contributed by atoms with E-state index < -0.39 is 11.9 Å². The molecule has 0 amide bonds. The van der Waals surface area contributed by atoms with Crippen LogP contribution >= 0.6 is 0 Å². The highest BCUT2D eigenvalue weighted by Crippen LogP contribution is 2.37. The van der Waals surface area contributed by atoms with Gasteiger partial charge in [0.2, 0.25) is 5.95 Å². The quantitative estimate of drug-likeness (QED) is 0.835. The Morgan fingerprint density at radius 3 is 2.95 bits per heavy atom. The second-order valence-corrected chi connectivity index (χ2v) is 5.47. The standard InChI is InChI=1S/C13H16F3N3O2/c1-20-9-6-12(21-7-9)3-5-19(8-12)11-17-4-2-10(18-11)13(14,15)16/h2,4,9H,3,5-8H2,1H3/t9-,12+/m0/s1. The van der Waals surface area contributed by atoms with Crippen molar-refractivity contribution in [2.75, 3.05) is 31.7 Å². The number of nitrogens with zero attached hydrogens (tertiary/aromatic N) is 3. The van der Waals surface area contributed by atoms with Crippen LogP contribution in [0.15, 0.2) is 12.3 Å². The van der Waals surface area contributed by atoms with Crippen molar-refractivity contribution < 1.29 is 22.6 Å². The van der Waals surface area contributed by atoms with E-state index in [1.807, 2.05) is 0 Å². The molecule has 21 heavy (non-hydrogen) atoms. The predicted molar refractivity (Wildman–Crippen MR) is 68.0 cm³/mol. The molecule has 0 aliphatic carbocycles. The Labute approximate surface area is 120 Å². The molecule has 116 valence electrons. The minimum atomic E-state index is -4.46. The van der Waals surface area contributed by atoms with Crippen LogP contribution in [-0.2, 0) is 15.7 Å². The van der Waals surface area contributed by atoms with Crippen LogP contribution in [0.3, 0.4) is 0 Å². The zero-order valence-electron chi connectivity index (χ0n) is 11.6. The minimum Gasteiger partial charge on any atom is -0.379 e. The Hall–Kier alpha value is -1.41. The first-order valence-corrected chi connectivity index (χ1v) is 6.74. The fourth-order valence-corrected chi connectivity index (χ4v) is 2.91. The molecule has 0 N–H and O–H groups in total. The molecule has 8 heteroatoms. The van der Waals surface area contributed by atoms with Gasteiger partial charge < -0.3 is 14.4 Å². The van der Waals surface area contributed by atoms with Crippen molar-refractivity contribution in [3.05, 3.63) is 18.0 Å². The Balaban J connectivity index is 1.75. The van der Waals surface area contributed by atoms with E-state index in [4.69, 9.17) is 9.47 Å². The SMILES string of the molecule is CO[C@@H]1CO[C@]2(CCN(c3nccc(C(F)(F)F)n3)C2)C1. The van der Waals surface area contributed by atoms with E-state index in [0.717, 1.165) is 25.1 Å². The maximum Gasteiger partial charge on any atom is 0.433 e. The summed E-state index contributed by atoms with van der Waals surface area (Å²) in [6.07, 6.45) is -1.78. The molecule has 0 bridgehead atoms. The summed E-state index contributed by atoms with van der Waals surface area (Å²) in [5.74, 6) is 0.103. The molecule has 2 saturated heterocycles. The molecule has 0 radical (unpaired) electrons. The summed E-state index contributed by atoms with van der Waals surface area (Å²) in [7, 11) is 1.63. The molecule has 3 rings (SSSR count). The zero-order chi connectivity index (χ0) is 15.1. The third-order valence-corrected chi connectivity index (χ3v) is 4.04. The van der Waals surface area contributed by atoms with E-state index in [2.05, 4.69) is 9.97 Å². The highest BCUT2D eigenvalue weighted by molar-refractivity contribution is 5.34. The lowest BCUT2D eigenvalue weighted by molar-refractivity contribution is -0.141. The summed E-state index contributed by atoms with van der Waals surface area (Å²) in [6.45, 7) is 1.60. The van der Waals surface area contributed by atoms with Gasteiger partial charge in [0.05, 0.1) is 24.9 Å². The van der Waals surface area contributed by atoms with Crippen LogP contribution in [0.25, 0.3) is 0 Å². The minimum absolute atomic E-state index is 0.0485. The Morgan fingerprint density at radius 2 is 2.29 bits per heavy atom. The highest BCUT2D eigenvalue weighted by atomic mass is 19.4. The number of halogens is 3. The smallest absolute Gasteiger partial charge is 0.379 e. The first-order valence-electron chi connectivity index (χ1n) is 6.74. The van der Waals surface area contributed by atoms with Crippen molar-refractivity contribution in [2.24, 2.45) is 0 Å². The van der Waals surface area contributed by atoms with Gasteiger partial charge in [-0.25, -0.2) is 9.97 Å². The third kappa shape index (κ3) is 2.82. The van der Waals surface area contributed by atoms with Gasteiger partial charge in [-0.3, -0.25) is 0 Å². The molecule has 1 aromatic rings. The molecular formula is C13H16F3N3O2. The van der Waals surface area contributed by atoms with Gasteiger partial charge >= 0.3 is 6.18 Å². The second-order valence-electron chi connectivity index (χ2n) is 5.47. The number of hydrogen-bond donors (Lipinski definition) is 0. The Kier molecular flexibility index (Phi) is 3.53. The number of aromatic nitrogens is 2. The molecule has 0 unspecified atom stereocenters. The van der Waals surface area contributed by atoms with Crippen molar-refractivity contribution in [3.8, 4) is 0 Å². The number of anilines is 1. The largest absolute Gasteiger partial charge is 0.433 e. The van der Waals surface area contributed by atoms with Gasteiger partial charge in [-0.15, -0.1) is 0 Å². The van der Waals surface area contributed by atoms with Crippen LogP contribution in [0.2, 0.25) is 0 Å². The van der Waals surface area contributed by atoms with Crippen molar-refractivity contribution >= 4 is 5.95 Å². The van der Waals surface area contributed by atoms with E-state index in [-0.39, 0.29) is 17.7 Å². The second kappa shape index (κ2) is 5.10. The highest BCUT2D eigenvalue weighted by Gasteiger charge is 2.46. The normalized spacial score (nSPS) is 29.5. The fourth-order valence-electron chi connectivity index (χ4n) is 2.91. The first kappa shape index (κ1) is 14.5. The van der Waals surface area contributed by atoms with Crippen LogP contribution < -0.4 is 4.90 Å². The summed E-state index contributed by atoms with van der Waals surface area (Å²) in [6, 6.07) is 0.877. The third-order valence-electron chi connectivity index (χ3n) is 4.04. The molecular weight excluding hydrogens is 287 g/mol. The number of alkyl halides is 3. The Morgan fingerprint density at radius 1 is 1.48 bits per heavy atom. The van der Waals surface area contributed by atoms with E-state index in [0.29, 0.717) is 19.7 Å². The van der Waals surface area contributed by atoms with Gasteiger partial charge in [0, 0.05) is 26.3 Å². The molecule has 1 spiro atoms. The lowest BCUT2D eigenvalue weighted by atomic mass is 9.98. The molecule has 3 heterocycles. The number of rotatable bonds is 2. The van der Waals surface area contributed by atoms with Crippen LogP contribution in [0.5, 0.6) is 0 Å². The summed E-state index contributed by atoms with van der Waals surface area (Å²) < 4.78 is 49.2. The molecule has 2 fully saturated rings. The lowest BCUT2D eigenvalue weighted by Gasteiger charge is -2.23. The number of methoxy groups -OCH3 is 1. The molecule has 5 nitrogen and oxygen atoms in total. The van der Waals surface area contributed by atoms with Gasteiger partial charge in [-0.05, 0) is 12.5 Å². The van der Waals surface area contributed by atoms with Gasteiger partial charge in [-0.1, -0.05) is 0 Å². The average Bonchev–Trinajstić information content (AvgIpc) is 3.06. The van der Waals surface area contributed by atoms with Crippen molar-refractivity contribution in [1.29, 1.82) is 0 Å². The van der Waals surface area contributed by atoms with Gasteiger partial charge in [0.25, 0.3) is 0 Å². The van der Waals surface area contributed by atoms with E-state index >= 15 is 0 Å². The van der Waals surface area contributed by atoms with Crippen LogP contribution in [0, 0.1) is 0 Å². The summed E-state index contributed by atoms with van der Waals surface area (Å²) in [5.41, 5.74) is -1.27. The lowest BCUT2D eigenvalue weighted by Crippen LogP contribution is -2.33. The molecule has 1 aromatic heterocycles. The van der Waals surface area contributed by atoms with Gasteiger partial charge in [0.1, 0.15) is 5.69 Å².